The number of carbonyl (C=O) groups excluding carboxylic acids is 1. The van der Waals surface area contributed by atoms with E-state index in [0.29, 0.717) is 10.9 Å². The third-order valence-corrected chi connectivity index (χ3v) is 6.89. The minimum atomic E-state index is -3.98. The van der Waals surface area contributed by atoms with Crippen LogP contribution in [0.1, 0.15) is 10.4 Å². The van der Waals surface area contributed by atoms with Gasteiger partial charge in [0.1, 0.15) is 10.7 Å². The smallest absolute Gasteiger partial charge is 0.254 e. The van der Waals surface area contributed by atoms with Crippen molar-refractivity contribution in [2.75, 3.05) is 26.2 Å². The summed E-state index contributed by atoms with van der Waals surface area (Å²) in [4.78, 5) is 28.7. The highest BCUT2D eigenvalue weighted by Crippen LogP contribution is 2.22. The number of aromatic amines is 1. The standard InChI is InChI=1S/C20H18FN3O4S/c21-16-6-2-4-8-18(16)29(27,28)24-11-9-23(10-12-24)20(26)15-13-19(25)22-17-7-3-1-5-14(15)17/h1-8,13H,9-12H2,(H,22,25). The van der Waals surface area contributed by atoms with E-state index in [1.165, 1.54) is 33.5 Å². The van der Waals surface area contributed by atoms with Crippen LogP contribution < -0.4 is 5.56 Å². The van der Waals surface area contributed by atoms with Crippen LogP contribution in [-0.2, 0) is 10.0 Å². The molecule has 4 rings (SSSR count). The predicted octanol–water partition coefficient (Wildman–Crippen LogP) is 1.81. The molecule has 0 unspecified atom stereocenters. The number of nitrogens with one attached hydrogen (secondary N) is 1. The fourth-order valence-corrected chi connectivity index (χ4v) is 4.96. The Morgan fingerprint density at radius 3 is 2.34 bits per heavy atom. The number of piperazine rings is 1. The third kappa shape index (κ3) is 3.54. The van der Waals surface area contributed by atoms with Crippen molar-refractivity contribution in [3.63, 3.8) is 0 Å². The molecule has 2 heterocycles. The molecular weight excluding hydrogens is 397 g/mol. The lowest BCUT2D eigenvalue weighted by Crippen LogP contribution is -2.50. The summed E-state index contributed by atoms with van der Waals surface area (Å²) in [6, 6.07) is 13.5. The van der Waals surface area contributed by atoms with Crippen molar-refractivity contribution in [2.24, 2.45) is 0 Å². The molecular formula is C20H18FN3O4S. The number of benzene rings is 2. The summed E-state index contributed by atoms with van der Waals surface area (Å²) in [5, 5.41) is 0.624. The quantitative estimate of drug-likeness (QED) is 0.707. The van der Waals surface area contributed by atoms with Gasteiger partial charge in [-0.15, -0.1) is 0 Å². The first-order valence-electron chi connectivity index (χ1n) is 9.04. The molecule has 1 aliphatic heterocycles. The predicted molar refractivity (Wildman–Crippen MR) is 106 cm³/mol. The van der Waals surface area contributed by atoms with Gasteiger partial charge in [-0.2, -0.15) is 4.31 Å². The highest BCUT2D eigenvalue weighted by Gasteiger charge is 2.32. The lowest BCUT2D eigenvalue weighted by atomic mass is 10.1. The number of hydrogen-bond acceptors (Lipinski definition) is 4. The molecule has 29 heavy (non-hydrogen) atoms. The number of carbonyl (C=O) groups is 1. The van der Waals surface area contributed by atoms with Crippen molar-refractivity contribution in [3.05, 3.63) is 76.3 Å². The Bertz CT molecular complexity index is 1250. The number of para-hydroxylation sites is 1. The topological polar surface area (TPSA) is 90.6 Å². The minimum absolute atomic E-state index is 0.0452. The number of H-pyrrole nitrogens is 1. The fraction of sp³-hybridized carbons (Fsp3) is 0.200. The second kappa shape index (κ2) is 7.41. The molecule has 7 nitrogen and oxygen atoms in total. The molecule has 0 bridgehead atoms. The first kappa shape index (κ1) is 19.3. The van der Waals surface area contributed by atoms with Gasteiger partial charge >= 0.3 is 0 Å². The Morgan fingerprint density at radius 1 is 0.966 bits per heavy atom. The van der Waals surface area contributed by atoms with Gasteiger partial charge in [-0.1, -0.05) is 30.3 Å². The van der Waals surface area contributed by atoms with Gasteiger partial charge < -0.3 is 9.88 Å². The molecule has 0 atom stereocenters. The first-order valence-corrected chi connectivity index (χ1v) is 10.5. The Kier molecular flexibility index (Phi) is 4.93. The third-order valence-electron chi connectivity index (χ3n) is 4.96. The maximum atomic E-state index is 13.9. The molecule has 150 valence electrons. The molecule has 1 N–H and O–H groups in total. The molecule has 2 aromatic carbocycles. The van der Waals surface area contributed by atoms with Crippen LogP contribution in [0, 0.1) is 5.82 Å². The number of amides is 1. The van der Waals surface area contributed by atoms with Crippen LogP contribution in [0.4, 0.5) is 4.39 Å². The summed E-state index contributed by atoms with van der Waals surface area (Å²) >= 11 is 0. The van der Waals surface area contributed by atoms with E-state index >= 15 is 0 Å². The van der Waals surface area contributed by atoms with Crippen molar-refractivity contribution >= 4 is 26.8 Å². The van der Waals surface area contributed by atoms with Crippen LogP contribution in [0.2, 0.25) is 0 Å². The number of sulfonamides is 1. The molecule has 0 saturated carbocycles. The SMILES string of the molecule is O=C(c1cc(=O)[nH]c2ccccc12)N1CCN(S(=O)(=O)c2ccccc2F)CC1. The van der Waals surface area contributed by atoms with E-state index in [1.807, 2.05) is 0 Å². The number of rotatable bonds is 3. The molecule has 1 fully saturated rings. The number of pyridine rings is 1. The van der Waals surface area contributed by atoms with Gasteiger partial charge in [0.2, 0.25) is 15.6 Å². The van der Waals surface area contributed by atoms with Crippen LogP contribution in [0.5, 0.6) is 0 Å². The average Bonchev–Trinajstić information content (AvgIpc) is 2.73. The van der Waals surface area contributed by atoms with Crippen LogP contribution in [0.3, 0.4) is 0 Å². The Balaban J connectivity index is 1.56. The lowest BCUT2D eigenvalue weighted by Gasteiger charge is -2.34. The van der Waals surface area contributed by atoms with Gasteiger partial charge in [0.15, 0.2) is 0 Å². The monoisotopic (exact) mass is 415 g/mol. The van der Waals surface area contributed by atoms with E-state index in [0.717, 1.165) is 6.07 Å². The van der Waals surface area contributed by atoms with E-state index < -0.39 is 15.8 Å². The minimum Gasteiger partial charge on any atom is -0.336 e. The van der Waals surface area contributed by atoms with Gasteiger partial charge in [0.25, 0.3) is 5.91 Å². The zero-order valence-electron chi connectivity index (χ0n) is 15.3. The zero-order valence-corrected chi connectivity index (χ0v) is 16.2. The zero-order chi connectivity index (χ0) is 20.6. The second-order valence-corrected chi connectivity index (χ2v) is 8.63. The van der Waals surface area contributed by atoms with Crippen molar-refractivity contribution in [1.82, 2.24) is 14.2 Å². The fourth-order valence-electron chi connectivity index (χ4n) is 3.48. The van der Waals surface area contributed by atoms with E-state index in [1.54, 1.807) is 24.3 Å². The van der Waals surface area contributed by atoms with Gasteiger partial charge in [-0.3, -0.25) is 9.59 Å². The Hall–Kier alpha value is -3.04. The van der Waals surface area contributed by atoms with E-state index in [-0.39, 0.29) is 48.1 Å². The van der Waals surface area contributed by atoms with E-state index in [4.69, 9.17) is 0 Å². The Morgan fingerprint density at radius 2 is 1.62 bits per heavy atom. The van der Waals surface area contributed by atoms with Crippen molar-refractivity contribution in [1.29, 1.82) is 0 Å². The second-order valence-electron chi connectivity index (χ2n) is 6.72. The van der Waals surface area contributed by atoms with Crippen LogP contribution in [0.25, 0.3) is 10.9 Å². The summed E-state index contributed by atoms with van der Waals surface area (Å²) in [5.41, 5.74) is 0.451. The molecule has 0 aliphatic carbocycles. The summed E-state index contributed by atoms with van der Waals surface area (Å²) in [7, 11) is -3.98. The summed E-state index contributed by atoms with van der Waals surface area (Å²) in [6.07, 6.45) is 0. The van der Waals surface area contributed by atoms with E-state index in [9.17, 15) is 22.4 Å². The summed E-state index contributed by atoms with van der Waals surface area (Å²) < 4.78 is 40.5. The van der Waals surface area contributed by atoms with Crippen molar-refractivity contribution in [2.45, 2.75) is 4.90 Å². The molecule has 9 heteroatoms. The molecule has 0 spiro atoms. The van der Waals surface area contributed by atoms with Crippen LogP contribution >= 0.6 is 0 Å². The number of nitrogens with zero attached hydrogens (tertiary/aromatic N) is 2. The molecule has 1 saturated heterocycles. The maximum absolute atomic E-state index is 13.9. The summed E-state index contributed by atoms with van der Waals surface area (Å²) in [5.74, 6) is -1.14. The van der Waals surface area contributed by atoms with Gasteiger partial charge in [0, 0.05) is 43.1 Å². The number of hydrogen-bond donors (Lipinski definition) is 1. The average molecular weight is 415 g/mol. The number of fused-ring (bicyclic) bond motifs is 1. The van der Waals surface area contributed by atoms with E-state index in [2.05, 4.69) is 4.98 Å². The highest BCUT2D eigenvalue weighted by atomic mass is 32.2. The lowest BCUT2D eigenvalue weighted by molar-refractivity contribution is 0.0699. The van der Waals surface area contributed by atoms with Crippen LogP contribution in [-0.4, -0.2) is 54.7 Å². The highest BCUT2D eigenvalue weighted by molar-refractivity contribution is 7.89. The van der Waals surface area contributed by atoms with Crippen molar-refractivity contribution < 1.29 is 17.6 Å². The maximum Gasteiger partial charge on any atom is 0.254 e. The summed E-state index contributed by atoms with van der Waals surface area (Å²) in [6.45, 7) is 0.383. The van der Waals surface area contributed by atoms with Gasteiger partial charge in [-0.05, 0) is 18.2 Å². The largest absolute Gasteiger partial charge is 0.336 e. The van der Waals surface area contributed by atoms with Crippen molar-refractivity contribution in [3.8, 4) is 0 Å². The van der Waals surface area contributed by atoms with Crippen LogP contribution in [0.15, 0.2) is 64.3 Å². The molecule has 3 aromatic rings. The molecule has 1 aliphatic rings. The molecule has 0 radical (unpaired) electrons. The number of aromatic nitrogens is 1. The van der Waals surface area contributed by atoms with Gasteiger partial charge in [0.05, 0.1) is 5.56 Å². The Labute approximate surface area is 166 Å². The molecule has 1 amide bonds. The normalized spacial score (nSPS) is 15.6. The number of halogens is 1. The molecule has 1 aromatic heterocycles. The first-order chi connectivity index (χ1) is 13.9. The van der Waals surface area contributed by atoms with Gasteiger partial charge in [-0.25, -0.2) is 12.8 Å².